The van der Waals surface area contributed by atoms with Gasteiger partial charge in [0.15, 0.2) is 5.50 Å². The molecule has 1 unspecified atom stereocenters. The molecule has 7 heteroatoms. The largest absolute Gasteiger partial charge is 0.487 e. The molecular weight excluding hydrogens is 410 g/mol. The molecule has 31 heavy (non-hydrogen) atoms. The number of allylic oxidation sites excluding steroid dienone is 1. The van der Waals surface area contributed by atoms with Gasteiger partial charge in [-0.25, -0.2) is 0 Å². The van der Waals surface area contributed by atoms with E-state index in [4.69, 9.17) is 10.5 Å². The number of aromatic nitrogens is 1. The van der Waals surface area contributed by atoms with E-state index in [2.05, 4.69) is 0 Å². The van der Waals surface area contributed by atoms with Gasteiger partial charge < -0.3 is 15.4 Å². The third kappa shape index (κ3) is 4.67. The molecule has 2 aromatic carbocycles. The topological polar surface area (TPSA) is 77.6 Å². The Morgan fingerprint density at radius 1 is 1.00 bits per heavy atom. The fourth-order valence-electron chi connectivity index (χ4n) is 3.45. The summed E-state index contributed by atoms with van der Waals surface area (Å²) in [5, 5.41) is 0. The van der Waals surface area contributed by atoms with Gasteiger partial charge in [-0.1, -0.05) is 72.4 Å². The molecule has 4 rings (SSSR count). The highest BCUT2D eigenvalue weighted by Gasteiger charge is 2.34. The van der Waals surface area contributed by atoms with Gasteiger partial charge in [0.1, 0.15) is 12.4 Å². The molecule has 1 atom stereocenters. The molecule has 1 aromatic heterocycles. The summed E-state index contributed by atoms with van der Waals surface area (Å²) in [6.45, 7) is 2.80. The predicted molar refractivity (Wildman–Crippen MR) is 122 cm³/mol. The summed E-state index contributed by atoms with van der Waals surface area (Å²) >= 11 is 1.28. The highest BCUT2D eigenvalue weighted by Crippen LogP contribution is 2.45. The van der Waals surface area contributed by atoms with Crippen LogP contribution in [0.2, 0.25) is 0 Å². The number of rotatable bonds is 7. The monoisotopic (exact) mass is 433 g/mol. The Balaban J connectivity index is 1.63. The maximum atomic E-state index is 12.7. The van der Waals surface area contributed by atoms with Crippen LogP contribution in [-0.2, 0) is 17.9 Å². The third-order valence-corrected chi connectivity index (χ3v) is 6.49. The average molecular weight is 434 g/mol. The second-order valence-corrected chi connectivity index (χ2v) is 8.29. The van der Waals surface area contributed by atoms with Crippen molar-refractivity contribution in [1.82, 2.24) is 9.47 Å². The van der Waals surface area contributed by atoms with E-state index < -0.39 is 11.4 Å². The number of nitrogens with two attached hydrogens (primary N) is 1. The molecule has 1 aliphatic heterocycles. The van der Waals surface area contributed by atoms with E-state index in [1.165, 1.54) is 17.8 Å². The second-order valence-electron chi connectivity index (χ2n) is 7.22. The molecule has 158 valence electrons. The molecule has 1 aliphatic rings. The summed E-state index contributed by atoms with van der Waals surface area (Å²) in [7, 11) is 0. The van der Waals surface area contributed by atoms with Crippen molar-refractivity contribution < 1.29 is 9.53 Å². The number of pyridine rings is 1. The first-order valence-corrected chi connectivity index (χ1v) is 10.8. The minimum absolute atomic E-state index is 0.179. The smallest absolute Gasteiger partial charge is 0.257 e. The highest BCUT2D eigenvalue weighted by atomic mass is 32.2. The van der Waals surface area contributed by atoms with Crippen molar-refractivity contribution in [3.05, 3.63) is 111 Å². The number of primary amides is 1. The van der Waals surface area contributed by atoms with Crippen molar-refractivity contribution >= 4 is 17.7 Å². The van der Waals surface area contributed by atoms with Gasteiger partial charge in [0.05, 0.1) is 11.1 Å². The normalized spacial score (nSPS) is 15.9. The van der Waals surface area contributed by atoms with Gasteiger partial charge in [-0.2, -0.15) is 0 Å². The first kappa shape index (κ1) is 20.8. The molecule has 0 saturated heterocycles. The molecule has 0 saturated carbocycles. The standard InChI is InChI=1S/C24H23N3O3S/c1-17-22(23(25)29)31-24(26(17)14-18-8-4-2-5-9-18)27-15-20(12-13-21(27)28)30-16-19-10-6-3-7-11-19/h2-13,15,24H,14,16H2,1H3,(H2,25,29). The van der Waals surface area contributed by atoms with Crippen LogP contribution in [0.3, 0.4) is 0 Å². The number of benzene rings is 2. The molecular formula is C24H23N3O3S. The summed E-state index contributed by atoms with van der Waals surface area (Å²) in [5.41, 5.74) is 7.86. The summed E-state index contributed by atoms with van der Waals surface area (Å²) < 4.78 is 7.50. The maximum absolute atomic E-state index is 12.7. The van der Waals surface area contributed by atoms with E-state index in [9.17, 15) is 9.59 Å². The number of carbonyl (C=O) groups excluding carboxylic acids is 1. The number of amides is 1. The van der Waals surface area contributed by atoms with Gasteiger partial charge in [-0.05, 0) is 24.1 Å². The molecule has 2 N–H and O–H groups in total. The average Bonchev–Trinajstić information content (AvgIpc) is 3.11. The zero-order valence-electron chi connectivity index (χ0n) is 17.1. The van der Waals surface area contributed by atoms with Crippen LogP contribution in [-0.4, -0.2) is 15.4 Å². The van der Waals surface area contributed by atoms with Gasteiger partial charge in [-0.15, -0.1) is 0 Å². The van der Waals surface area contributed by atoms with Gasteiger partial charge in [0.2, 0.25) is 0 Å². The zero-order valence-corrected chi connectivity index (χ0v) is 17.9. The van der Waals surface area contributed by atoms with Crippen LogP contribution in [0.15, 0.2) is 94.4 Å². The van der Waals surface area contributed by atoms with Crippen molar-refractivity contribution in [3.8, 4) is 5.75 Å². The minimum Gasteiger partial charge on any atom is -0.487 e. The lowest BCUT2D eigenvalue weighted by Gasteiger charge is -2.29. The molecule has 2 heterocycles. The molecule has 0 spiro atoms. The van der Waals surface area contributed by atoms with Crippen LogP contribution in [0.1, 0.15) is 23.5 Å². The zero-order chi connectivity index (χ0) is 21.8. The molecule has 3 aromatic rings. The van der Waals surface area contributed by atoms with E-state index in [1.807, 2.05) is 72.5 Å². The molecule has 6 nitrogen and oxygen atoms in total. The number of thioether (sulfide) groups is 1. The van der Waals surface area contributed by atoms with Gasteiger partial charge in [-0.3, -0.25) is 14.2 Å². The lowest BCUT2D eigenvalue weighted by Crippen LogP contribution is -2.32. The Kier molecular flexibility index (Phi) is 6.13. The molecule has 0 radical (unpaired) electrons. The Bertz CT molecular complexity index is 1160. The van der Waals surface area contributed by atoms with Crippen molar-refractivity contribution in [2.24, 2.45) is 5.73 Å². The van der Waals surface area contributed by atoms with Gasteiger partial charge >= 0.3 is 0 Å². The summed E-state index contributed by atoms with van der Waals surface area (Å²) in [6, 6.07) is 22.9. The van der Waals surface area contributed by atoms with Crippen molar-refractivity contribution in [2.75, 3.05) is 0 Å². The van der Waals surface area contributed by atoms with Gasteiger partial charge in [0.25, 0.3) is 11.5 Å². The van der Waals surface area contributed by atoms with E-state index in [0.717, 1.165) is 16.8 Å². The third-order valence-electron chi connectivity index (χ3n) is 5.07. The summed E-state index contributed by atoms with van der Waals surface area (Å²) in [6.07, 6.45) is 1.69. The molecule has 0 fully saturated rings. The molecule has 1 amide bonds. The van der Waals surface area contributed by atoms with E-state index in [1.54, 1.807) is 16.8 Å². The number of hydrogen-bond acceptors (Lipinski definition) is 5. The Morgan fingerprint density at radius 2 is 1.65 bits per heavy atom. The first-order chi connectivity index (χ1) is 15.0. The van der Waals surface area contributed by atoms with Gasteiger partial charge in [0, 0.05) is 18.3 Å². The number of nitrogens with zero attached hydrogens (tertiary/aromatic N) is 2. The van der Waals surface area contributed by atoms with Crippen LogP contribution in [0, 0.1) is 0 Å². The van der Waals surface area contributed by atoms with Crippen LogP contribution in [0.5, 0.6) is 5.75 Å². The lowest BCUT2D eigenvalue weighted by atomic mass is 10.2. The summed E-state index contributed by atoms with van der Waals surface area (Å²) in [4.78, 5) is 27.2. The first-order valence-electron chi connectivity index (χ1n) is 9.90. The minimum atomic E-state index is -0.493. The fraction of sp³-hybridized carbons (Fsp3) is 0.167. The quantitative estimate of drug-likeness (QED) is 0.612. The Hall–Kier alpha value is -3.45. The molecule has 0 bridgehead atoms. The fourth-order valence-corrected chi connectivity index (χ4v) is 4.71. The lowest BCUT2D eigenvalue weighted by molar-refractivity contribution is -0.114. The predicted octanol–water partition coefficient (Wildman–Crippen LogP) is 3.85. The maximum Gasteiger partial charge on any atom is 0.257 e. The van der Waals surface area contributed by atoms with Crippen LogP contribution < -0.4 is 16.0 Å². The highest BCUT2D eigenvalue weighted by molar-refractivity contribution is 8.04. The number of hydrogen-bond donors (Lipinski definition) is 1. The number of ether oxygens (including phenoxy) is 1. The number of carbonyl (C=O) groups is 1. The van der Waals surface area contributed by atoms with E-state index in [0.29, 0.717) is 23.8 Å². The van der Waals surface area contributed by atoms with E-state index in [-0.39, 0.29) is 5.56 Å². The van der Waals surface area contributed by atoms with Crippen molar-refractivity contribution in [2.45, 2.75) is 25.6 Å². The Morgan fingerprint density at radius 3 is 2.29 bits per heavy atom. The second kappa shape index (κ2) is 9.14. The SMILES string of the molecule is CC1=C(C(N)=O)SC(n2cc(OCc3ccccc3)ccc2=O)N1Cc1ccccc1. The van der Waals surface area contributed by atoms with Crippen LogP contribution in [0.4, 0.5) is 0 Å². The van der Waals surface area contributed by atoms with E-state index >= 15 is 0 Å². The van der Waals surface area contributed by atoms with Crippen LogP contribution >= 0.6 is 11.8 Å². The Labute approximate surface area is 184 Å². The summed E-state index contributed by atoms with van der Waals surface area (Å²) in [5.74, 6) is 0.0847. The molecule has 0 aliphatic carbocycles. The van der Waals surface area contributed by atoms with Crippen LogP contribution in [0.25, 0.3) is 0 Å². The van der Waals surface area contributed by atoms with Crippen molar-refractivity contribution in [1.29, 1.82) is 0 Å². The van der Waals surface area contributed by atoms with Crippen molar-refractivity contribution in [3.63, 3.8) is 0 Å².